The predicted molar refractivity (Wildman–Crippen MR) is 103 cm³/mol. The molecule has 2 aliphatic carbocycles. The zero-order valence-corrected chi connectivity index (χ0v) is 15.6. The Labute approximate surface area is 158 Å². The van der Waals surface area contributed by atoms with Gasteiger partial charge < -0.3 is 10.2 Å². The molecule has 1 aromatic carbocycles. The first-order valence-corrected chi connectivity index (χ1v) is 10.3. The highest BCUT2D eigenvalue weighted by molar-refractivity contribution is 7.09. The minimum Gasteiger partial charge on any atom is -0.349 e. The van der Waals surface area contributed by atoms with Gasteiger partial charge in [-0.3, -0.25) is 9.59 Å². The maximum atomic E-state index is 12.7. The molecule has 1 aromatic heterocycles. The molecular formula is C21H24N2O2S. The van der Waals surface area contributed by atoms with Crippen molar-refractivity contribution in [3.05, 3.63) is 57.8 Å². The number of benzene rings is 1. The fraction of sp³-hybridized carbons (Fsp3) is 0.429. The average molecular weight is 369 g/mol. The molecule has 0 radical (unpaired) electrons. The maximum Gasteiger partial charge on any atom is 0.251 e. The summed E-state index contributed by atoms with van der Waals surface area (Å²) in [5.41, 5.74) is 1.78. The number of nitrogens with one attached hydrogen (secondary N) is 1. The van der Waals surface area contributed by atoms with E-state index >= 15 is 0 Å². The fourth-order valence-corrected chi connectivity index (χ4v) is 3.80. The van der Waals surface area contributed by atoms with E-state index < -0.39 is 0 Å². The molecule has 2 aromatic rings. The molecule has 4 nitrogen and oxygen atoms in total. The molecule has 0 bridgehead atoms. The number of carbonyl (C=O) groups excluding carboxylic acids is 2. The van der Waals surface area contributed by atoms with E-state index in [2.05, 4.69) is 16.8 Å². The van der Waals surface area contributed by atoms with E-state index in [-0.39, 0.29) is 11.8 Å². The number of aryl methyl sites for hydroxylation is 1. The van der Waals surface area contributed by atoms with Crippen molar-refractivity contribution in [2.75, 3.05) is 0 Å². The second-order valence-corrected chi connectivity index (χ2v) is 8.31. The number of nitrogens with zero attached hydrogens (tertiary/aromatic N) is 1. The summed E-state index contributed by atoms with van der Waals surface area (Å²) in [6.07, 6.45) is 5.78. The van der Waals surface area contributed by atoms with Gasteiger partial charge in [-0.2, -0.15) is 0 Å². The van der Waals surface area contributed by atoms with Crippen LogP contribution in [0.25, 0.3) is 0 Å². The van der Waals surface area contributed by atoms with Gasteiger partial charge in [0.15, 0.2) is 0 Å². The summed E-state index contributed by atoms with van der Waals surface area (Å²) >= 11 is 1.71. The second kappa shape index (κ2) is 7.62. The van der Waals surface area contributed by atoms with E-state index in [0.29, 0.717) is 30.6 Å². The fourth-order valence-electron chi connectivity index (χ4n) is 3.09. The maximum absolute atomic E-state index is 12.7. The molecule has 1 N–H and O–H groups in total. The monoisotopic (exact) mass is 368 g/mol. The summed E-state index contributed by atoms with van der Waals surface area (Å²) in [6, 6.07) is 12.6. The van der Waals surface area contributed by atoms with Gasteiger partial charge in [-0.25, -0.2) is 0 Å². The molecule has 4 rings (SSSR count). The van der Waals surface area contributed by atoms with Gasteiger partial charge in [-0.1, -0.05) is 18.2 Å². The van der Waals surface area contributed by atoms with Crippen LogP contribution in [-0.4, -0.2) is 28.8 Å². The van der Waals surface area contributed by atoms with Crippen LogP contribution in [0, 0.1) is 0 Å². The van der Waals surface area contributed by atoms with Gasteiger partial charge in [0, 0.05) is 35.5 Å². The number of carbonyl (C=O) groups is 2. The van der Waals surface area contributed by atoms with Gasteiger partial charge in [-0.05, 0) is 61.2 Å². The van der Waals surface area contributed by atoms with Crippen molar-refractivity contribution in [3.63, 3.8) is 0 Å². The third-order valence-electron chi connectivity index (χ3n) is 4.95. The van der Waals surface area contributed by atoms with Crippen LogP contribution in [0.1, 0.15) is 52.9 Å². The first-order chi connectivity index (χ1) is 12.7. The van der Waals surface area contributed by atoms with Crippen LogP contribution in [0.2, 0.25) is 0 Å². The summed E-state index contributed by atoms with van der Waals surface area (Å²) in [4.78, 5) is 28.1. The molecule has 0 saturated heterocycles. The van der Waals surface area contributed by atoms with Gasteiger partial charge in [0.2, 0.25) is 5.91 Å². The molecule has 1 heterocycles. The van der Waals surface area contributed by atoms with Crippen molar-refractivity contribution in [1.29, 1.82) is 0 Å². The first-order valence-electron chi connectivity index (χ1n) is 9.41. The first kappa shape index (κ1) is 17.3. The molecule has 2 fully saturated rings. The third-order valence-corrected chi connectivity index (χ3v) is 5.89. The summed E-state index contributed by atoms with van der Waals surface area (Å²) < 4.78 is 0. The van der Waals surface area contributed by atoms with E-state index in [1.807, 2.05) is 35.2 Å². The van der Waals surface area contributed by atoms with Crippen LogP contribution in [0.3, 0.4) is 0 Å². The van der Waals surface area contributed by atoms with Gasteiger partial charge in [0.1, 0.15) is 0 Å². The number of hydrogen-bond acceptors (Lipinski definition) is 3. The van der Waals surface area contributed by atoms with Gasteiger partial charge in [0.25, 0.3) is 5.91 Å². The lowest BCUT2D eigenvalue weighted by Gasteiger charge is -2.22. The van der Waals surface area contributed by atoms with Crippen LogP contribution in [0.5, 0.6) is 0 Å². The highest BCUT2D eigenvalue weighted by Gasteiger charge is 2.32. The van der Waals surface area contributed by atoms with E-state index in [1.54, 1.807) is 11.3 Å². The van der Waals surface area contributed by atoms with E-state index in [9.17, 15) is 9.59 Å². The zero-order valence-electron chi connectivity index (χ0n) is 14.8. The molecule has 5 heteroatoms. The summed E-state index contributed by atoms with van der Waals surface area (Å²) in [6.45, 7) is 0.637. The normalized spacial score (nSPS) is 16.3. The highest BCUT2D eigenvalue weighted by atomic mass is 32.1. The van der Waals surface area contributed by atoms with Crippen molar-refractivity contribution in [1.82, 2.24) is 10.2 Å². The predicted octanol–water partition coefficient (Wildman–Crippen LogP) is 3.76. The summed E-state index contributed by atoms with van der Waals surface area (Å²) in [5.74, 6) is 0.238. The lowest BCUT2D eigenvalue weighted by Crippen LogP contribution is -2.32. The average Bonchev–Trinajstić information content (AvgIpc) is 3.58. The largest absolute Gasteiger partial charge is 0.349 e. The van der Waals surface area contributed by atoms with E-state index in [4.69, 9.17) is 0 Å². The van der Waals surface area contributed by atoms with Crippen LogP contribution in [0.4, 0.5) is 0 Å². The Morgan fingerprint density at radius 2 is 1.85 bits per heavy atom. The Kier molecular flexibility index (Phi) is 5.07. The van der Waals surface area contributed by atoms with Crippen LogP contribution < -0.4 is 5.32 Å². The molecule has 2 aliphatic rings. The van der Waals surface area contributed by atoms with Gasteiger partial charge in [-0.15, -0.1) is 11.3 Å². The molecule has 0 atom stereocenters. The Morgan fingerprint density at radius 3 is 2.46 bits per heavy atom. The highest BCUT2D eigenvalue weighted by Crippen LogP contribution is 2.29. The van der Waals surface area contributed by atoms with Crippen LogP contribution in [-0.2, 0) is 17.8 Å². The van der Waals surface area contributed by atoms with Crippen molar-refractivity contribution in [3.8, 4) is 0 Å². The minimum absolute atomic E-state index is 0.00474. The second-order valence-electron chi connectivity index (χ2n) is 7.28. The standard InChI is InChI=1S/C21H24N2O2S/c24-20(12-11-19-2-1-13-26-19)23(18-9-10-18)14-15-3-5-16(6-4-15)21(25)22-17-7-8-17/h1-6,13,17-18H,7-12,14H2,(H,22,25). The van der Waals surface area contributed by atoms with E-state index in [0.717, 1.165) is 37.7 Å². The number of hydrogen-bond donors (Lipinski definition) is 1. The van der Waals surface area contributed by atoms with Crippen LogP contribution in [0.15, 0.2) is 41.8 Å². The smallest absolute Gasteiger partial charge is 0.251 e. The number of rotatable bonds is 8. The quantitative estimate of drug-likeness (QED) is 0.771. The number of amides is 2. The molecular weight excluding hydrogens is 344 g/mol. The zero-order chi connectivity index (χ0) is 17.9. The molecule has 2 amide bonds. The van der Waals surface area contributed by atoms with Crippen molar-refractivity contribution in [2.24, 2.45) is 0 Å². The molecule has 2 saturated carbocycles. The Balaban J connectivity index is 1.35. The minimum atomic E-state index is 0.00474. The van der Waals surface area contributed by atoms with Gasteiger partial charge >= 0.3 is 0 Å². The summed E-state index contributed by atoms with van der Waals surface area (Å²) in [7, 11) is 0. The van der Waals surface area contributed by atoms with Crippen LogP contribution >= 0.6 is 11.3 Å². The SMILES string of the molecule is O=C(NC1CC1)c1ccc(CN(C(=O)CCc2cccs2)C2CC2)cc1. The molecule has 0 aliphatic heterocycles. The number of thiophene rings is 1. The molecule has 0 unspecified atom stereocenters. The lowest BCUT2D eigenvalue weighted by atomic mass is 10.1. The van der Waals surface area contributed by atoms with Crippen molar-refractivity contribution < 1.29 is 9.59 Å². The topological polar surface area (TPSA) is 49.4 Å². The van der Waals surface area contributed by atoms with Crippen molar-refractivity contribution >= 4 is 23.2 Å². The lowest BCUT2D eigenvalue weighted by molar-refractivity contribution is -0.132. The molecule has 26 heavy (non-hydrogen) atoms. The summed E-state index contributed by atoms with van der Waals surface area (Å²) in [5, 5.41) is 5.06. The molecule has 136 valence electrons. The molecule has 0 spiro atoms. The Bertz CT molecular complexity index is 762. The Hall–Kier alpha value is -2.14. The third kappa shape index (κ3) is 4.52. The Morgan fingerprint density at radius 1 is 1.08 bits per heavy atom. The van der Waals surface area contributed by atoms with Crippen molar-refractivity contribution in [2.45, 2.75) is 57.2 Å². The van der Waals surface area contributed by atoms with E-state index in [1.165, 1.54) is 4.88 Å². The van der Waals surface area contributed by atoms with Gasteiger partial charge in [0.05, 0.1) is 0 Å².